The van der Waals surface area contributed by atoms with Gasteiger partial charge >= 0.3 is 0 Å². The molecule has 0 saturated carbocycles. The van der Waals surface area contributed by atoms with Gasteiger partial charge in [-0.1, -0.05) is 48.5 Å². The lowest BCUT2D eigenvalue weighted by Gasteiger charge is -2.33. The highest BCUT2D eigenvalue weighted by atomic mass is 16.5. The number of ether oxygens (including phenoxy) is 1. The number of rotatable bonds is 3. The third kappa shape index (κ3) is 3.11. The molecule has 23 heavy (non-hydrogen) atoms. The first-order valence-electron chi connectivity index (χ1n) is 8.12. The minimum atomic E-state index is 0.165. The van der Waals surface area contributed by atoms with Crippen molar-refractivity contribution in [3.63, 3.8) is 0 Å². The quantitative estimate of drug-likeness (QED) is 0.736. The molecule has 0 bridgehead atoms. The molecule has 0 spiro atoms. The smallest absolute Gasteiger partial charge is 0.0952 e. The van der Waals surface area contributed by atoms with Crippen LogP contribution in [0, 0.1) is 0 Å². The first kappa shape index (κ1) is 14.4. The maximum atomic E-state index is 5.97. The Hall–Kier alpha value is -2.23. The molecule has 0 aliphatic carbocycles. The lowest BCUT2D eigenvalue weighted by Crippen LogP contribution is -2.37. The molecule has 3 nitrogen and oxygen atoms in total. The number of fused-ring (bicyclic) bond motifs is 1. The molecule has 0 amide bonds. The first-order valence-corrected chi connectivity index (χ1v) is 8.12. The van der Waals surface area contributed by atoms with Gasteiger partial charge in [-0.05, 0) is 23.3 Å². The average molecular weight is 304 g/mol. The summed E-state index contributed by atoms with van der Waals surface area (Å²) >= 11 is 0. The van der Waals surface area contributed by atoms with Crippen molar-refractivity contribution in [2.75, 3.05) is 19.7 Å². The molecule has 1 aliphatic heterocycles. The van der Waals surface area contributed by atoms with Gasteiger partial charge in [-0.25, -0.2) is 0 Å². The fourth-order valence-electron chi connectivity index (χ4n) is 3.25. The van der Waals surface area contributed by atoms with Gasteiger partial charge in [0.15, 0.2) is 0 Å². The van der Waals surface area contributed by atoms with Crippen LogP contribution < -0.4 is 0 Å². The van der Waals surface area contributed by atoms with Gasteiger partial charge in [0, 0.05) is 31.2 Å². The SMILES string of the molecule is c1ccc([C@@H]2CN(Cc3ccnc4ccccc34)CCO2)cc1. The largest absolute Gasteiger partial charge is 0.371 e. The second-order valence-electron chi connectivity index (χ2n) is 5.99. The Kier molecular flexibility index (Phi) is 4.05. The van der Waals surface area contributed by atoms with E-state index in [9.17, 15) is 0 Å². The number of nitrogens with zero attached hydrogens (tertiary/aromatic N) is 2. The molecule has 1 aromatic heterocycles. The van der Waals surface area contributed by atoms with Crippen molar-refractivity contribution in [1.82, 2.24) is 9.88 Å². The number of aromatic nitrogens is 1. The Labute approximate surface area is 136 Å². The van der Waals surface area contributed by atoms with Crippen LogP contribution in [-0.2, 0) is 11.3 Å². The van der Waals surface area contributed by atoms with E-state index in [4.69, 9.17) is 4.74 Å². The molecule has 1 fully saturated rings. The van der Waals surface area contributed by atoms with E-state index in [0.717, 1.165) is 31.8 Å². The van der Waals surface area contributed by atoms with Crippen LogP contribution in [-0.4, -0.2) is 29.6 Å². The van der Waals surface area contributed by atoms with Crippen molar-refractivity contribution < 1.29 is 4.74 Å². The van der Waals surface area contributed by atoms with Gasteiger partial charge in [-0.2, -0.15) is 0 Å². The van der Waals surface area contributed by atoms with Gasteiger partial charge in [0.1, 0.15) is 0 Å². The summed E-state index contributed by atoms with van der Waals surface area (Å²) in [5.41, 5.74) is 3.67. The topological polar surface area (TPSA) is 25.4 Å². The highest BCUT2D eigenvalue weighted by Crippen LogP contribution is 2.24. The van der Waals surface area contributed by atoms with E-state index in [1.807, 2.05) is 18.3 Å². The van der Waals surface area contributed by atoms with E-state index in [-0.39, 0.29) is 6.10 Å². The normalized spacial score (nSPS) is 19.0. The van der Waals surface area contributed by atoms with Gasteiger partial charge in [0.05, 0.1) is 18.2 Å². The lowest BCUT2D eigenvalue weighted by atomic mass is 10.1. The van der Waals surface area contributed by atoms with Crippen molar-refractivity contribution in [2.24, 2.45) is 0 Å². The van der Waals surface area contributed by atoms with Gasteiger partial charge < -0.3 is 4.74 Å². The molecule has 0 unspecified atom stereocenters. The molecule has 2 heterocycles. The first-order chi connectivity index (χ1) is 11.4. The van der Waals surface area contributed by atoms with Crippen molar-refractivity contribution in [2.45, 2.75) is 12.6 Å². The van der Waals surface area contributed by atoms with Crippen molar-refractivity contribution in [1.29, 1.82) is 0 Å². The third-order valence-corrected chi connectivity index (χ3v) is 4.46. The molecule has 3 heteroatoms. The molecule has 1 atom stereocenters. The molecule has 4 rings (SSSR count). The average Bonchev–Trinajstić information content (AvgIpc) is 2.63. The second kappa shape index (κ2) is 6.49. The van der Waals surface area contributed by atoms with Crippen LogP contribution in [0.4, 0.5) is 0 Å². The Morgan fingerprint density at radius 3 is 2.74 bits per heavy atom. The summed E-state index contributed by atoms with van der Waals surface area (Å²) in [6, 6.07) is 21.0. The van der Waals surface area contributed by atoms with E-state index >= 15 is 0 Å². The van der Waals surface area contributed by atoms with Gasteiger partial charge in [0.2, 0.25) is 0 Å². The molecule has 0 N–H and O–H groups in total. The van der Waals surface area contributed by atoms with E-state index in [1.165, 1.54) is 16.5 Å². The minimum absolute atomic E-state index is 0.165. The predicted molar refractivity (Wildman–Crippen MR) is 92.2 cm³/mol. The second-order valence-corrected chi connectivity index (χ2v) is 5.99. The highest BCUT2D eigenvalue weighted by molar-refractivity contribution is 5.81. The zero-order chi connectivity index (χ0) is 15.5. The summed E-state index contributed by atoms with van der Waals surface area (Å²) in [7, 11) is 0. The lowest BCUT2D eigenvalue weighted by molar-refractivity contribution is -0.0328. The number of morpholine rings is 1. The number of para-hydroxylation sites is 1. The highest BCUT2D eigenvalue weighted by Gasteiger charge is 2.22. The monoisotopic (exact) mass is 304 g/mol. The summed E-state index contributed by atoms with van der Waals surface area (Å²) in [4.78, 5) is 6.93. The van der Waals surface area contributed by atoms with Crippen molar-refractivity contribution in [3.8, 4) is 0 Å². The standard InChI is InChI=1S/C20H20N2O/c1-2-6-16(7-3-1)20-15-22(12-13-23-20)14-17-10-11-21-19-9-5-4-8-18(17)19/h1-11,20H,12-15H2/t20-/m0/s1. The summed E-state index contributed by atoms with van der Waals surface area (Å²) in [5.74, 6) is 0. The van der Waals surface area contributed by atoms with E-state index in [2.05, 4.69) is 58.4 Å². The third-order valence-electron chi connectivity index (χ3n) is 4.46. The van der Waals surface area contributed by atoms with Crippen LogP contribution in [0.3, 0.4) is 0 Å². The van der Waals surface area contributed by atoms with E-state index in [0.29, 0.717) is 0 Å². The molecule has 1 aliphatic rings. The summed E-state index contributed by atoms with van der Waals surface area (Å²) < 4.78 is 5.97. The van der Waals surface area contributed by atoms with Crippen LogP contribution in [0.25, 0.3) is 10.9 Å². The summed E-state index contributed by atoms with van der Waals surface area (Å²) in [6.45, 7) is 3.62. The van der Waals surface area contributed by atoms with E-state index in [1.54, 1.807) is 0 Å². The molecule has 0 radical (unpaired) electrons. The number of benzene rings is 2. The van der Waals surface area contributed by atoms with Crippen molar-refractivity contribution >= 4 is 10.9 Å². The van der Waals surface area contributed by atoms with Gasteiger partial charge in [-0.3, -0.25) is 9.88 Å². The van der Waals surface area contributed by atoms with Gasteiger partial charge in [0.25, 0.3) is 0 Å². The maximum Gasteiger partial charge on any atom is 0.0952 e. The van der Waals surface area contributed by atoms with Crippen molar-refractivity contribution in [3.05, 3.63) is 78.0 Å². The fraction of sp³-hybridized carbons (Fsp3) is 0.250. The fourth-order valence-corrected chi connectivity index (χ4v) is 3.25. The molecule has 116 valence electrons. The van der Waals surface area contributed by atoms with E-state index < -0.39 is 0 Å². The summed E-state index contributed by atoms with van der Waals surface area (Å²) in [6.07, 6.45) is 2.07. The Morgan fingerprint density at radius 1 is 1.00 bits per heavy atom. The molecular formula is C20H20N2O. The number of pyridine rings is 1. The molecule has 3 aromatic rings. The summed E-state index contributed by atoms with van der Waals surface area (Å²) in [5, 5.41) is 1.25. The minimum Gasteiger partial charge on any atom is -0.371 e. The molecule has 1 saturated heterocycles. The number of hydrogen-bond acceptors (Lipinski definition) is 3. The van der Waals surface area contributed by atoms with Crippen LogP contribution in [0.15, 0.2) is 66.9 Å². The van der Waals surface area contributed by atoms with Crippen LogP contribution in [0.2, 0.25) is 0 Å². The van der Waals surface area contributed by atoms with Crippen LogP contribution in [0.5, 0.6) is 0 Å². The molecular weight excluding hydrogens is 284 g/mol. The Morgan fingerprint density at radius 2 is 1.83 bits per heavy atom. The molecule has 2 aromatic carbocycles. The Balaban J connectivity index is 1.54. The zero-order valence-electron chi connectivity index (χ0n) is 13.1. The zero-order valence-corrected chi connectivity index (χ0v) is 13.1. The van der Waals surface area contributed by atoms with Crippen LogP contribution >= 0.6 is 0 Å². The Bertz CT molecular complexity index is 783. The van der Waals surface area contributed by atoms with Crippen LogP contribution in [0.1, 0.15) is 17.2 Å². The van der Waals surface area contributed by atoms with Gasteiger partial charge in [-0.15, -0.1) is 0 Å². The maximum absolute atomic E-state index is 5.97. The number of hydrogen-bond donors (Lipinski definition) is 0. The predicted octanol–water partition coefficient (Wildman–Crippen LogP) is 3.81.